The molecular weight excluding hydrogens is 320 g/mol. The van der Waals surface area contributed by atoms with Gasteiger partial charge in [-0.05, 0) is 58.7 Å². The van der Waals surface area contributed by atoms with Crippen LogP contribution in [0.15, 0.2) is 40.9 Å². The molecule has 2 aromatic rings. The summed E-state index contributed by atoms with van der Waals surface area (Å²) >= 11 is 3.37. The summed E-state index contributed by atoms with van der Waals surface area (Å²) in [6.07, 6.45) is 0. The van der Waals surface area contributed by atoms with Crippen molar-refractivity contribution >= 4 is 27.5 Å². The molecule has 0 aliphatic rings. The molecule has 0 radical (unpaired) electrons. The maximum absolute atomic E-state index is 12.1. The van der Waals surface area contributed by atoms with Gasteiger partial charge in [-0.15, -0.1) is 0 Å². The number of carbonyl (C=O) groups is 1. The number of aromatic hydroxyl groups is 1. The summed E-state index contributed by atoms with van der Waals surface area (Å²) in [5.41, 5.74) is 8.41. The van der Waals surface area contributed by atoms with Crippen molar-refractivity contribution in [3.63, 3.8) is 0 Å². The first-order valence-electron chi connectivity index (χ1n) is 6.09. The van der Waals surface area contributed by atoms with E-state index in [-0.39, 0.29) is 18.2 Å². The zero-order valence-corrected chi connectivity index (χ0v) is 12.6. The summed E-state index contributed by atoms with van der Waals surface area (Å²) in [6.45, 7) is 2.17. The van der Waals surface area contributed by atoms with Crippen LogP contribution in [0.25, 0.3) is 0 Å². The molecule has 0 saturated heterocycles. The molecule has 0 spiro atoms. The summed E-state index contributed by atoms with van der Waals surface area (Å²) in [6, 6.07) is 10.3. The molecule has 2 aromatic carbocycles. The lowest BCUT2D eigenvalue weighted by Crippen LogP contribution is -2.23. The lowest BCUT2D eigenvalue weighted by atomic mass is 10.1. The summed E-state index contributed by atoms with van der Waals surface area (Å²) < 4.78 is 0.742. The lowest BCUT2D eigenvalue weighted by molar-refractivity contribution is 0.0950. The van der Waals surface area contributed by atoms with Crippen LogP contribution >= 0.6 is 15.9 Å². The molecule has 0 aliphatic heterocycles. The van der Waals surface area contributed by atoms with Crippen LogP contribution in [0.1, 0.15) is 21.5 Å². The fourth-order valence-corrected chi connectivity index (χ4v) is 2.50. The van der Waals surface area contributed by atoms with Crippen molar-refractivity contribution in [2.24, 2.45) is 0 Å². The number of hydrogen-bond donors (Lipinski definition) is 3. The van der Waals surface area contributed by atoms with Crippen molar-refractivity contribution in [2.45, 2.75) is 13.5 Å². The number of halogens is 1. The van der Waals surface area contributed by atoms with Gasteiger partial charge in [0.2, 0.25) is 0 Å². The van der Waals surface area contributed by atoms with Crippen LogP contribution in [-0.4, -0.2) is 11.0 Å². The first kappa shape index (κ1) is 14.4. The van der Waals surface area contributed by atoms with Gasteiger partial charge in [-0.3, -0.25) is 4.79 Å². The number of carbonyl (C=O) groups excluding carboxylic acids is 1. The number of benzene rings is 2. The number of rotatable bonds is 3. The maximum Gasteiger partial charge on any atom is 0.252 e. The zero-order valence-electron chi connectivity index (χ0n) is 11.0. The second-order valence-corrected chi connectivity index (χ2v) is 5.41. The summed E-state index contributed by atoms with van der Waals surface area (Å²) in [4.78, 5) is 12.1. The normalized spacial score (nSPS) is 10.3. The van der Waals surface area contributed by atoms with Crippen LogP contribution in [0.2, 0.25) is 0 Å². The minimum Gasteiger partial charge on any atom is -0.508 e. The summed E-state index contributed by atoms with van der Waals surface area (Å²) in [7, 11) is 0. The predicted molar refractivity (Wildman–Crippen MR) is 82.6 cm³/mol. The van der Waals surface area contributed by atoms with E-state index < -0.39 is 0 Å². The van der Waals surface area contributed by atoms with E-state index in [4.69, 9.17) is 5.73 Å². The van der Waals surface area contributed by atoms with Gasteiger partial charge < -0.3 is 16.2 Å². The molecule has 0 aliphatic carbocycles. The third-order valence-electron chi connectivity index (χ3n) is 2.91. The topological polar surface area (TPSA) is 75.4 Å². The second-order valence-electron chi connectivity index (χ2n) is 4.55. The van der Waals surface area contributed by atoms with Crippen molar-refractivity contribution in [3.8, 4) is 5.75 Å². The van der Waals surface area contributed by atoms with E-state index in [0.29, 0.717) is 16.8 Å². The molecule has 4 nitrogen and oxygen atoms in total. The summed E-state index contributed by atoms with van der Waals surface area (Å²) in [5, 5.41) is 12.5. The first-order chi connectivity index (χ1) is 9.47. The van der Waals surface area contributed by atoms with E-state index in [1.807, 2.05) is 19.1 Å². The highest BCUT2D eigenvalue weighted by Gasteiger charge is 2.10. The van der Waals surface area contributed by atoms with Crippen LogP contribution in [0.3, 0.4) is 0 Å². The van der Waals surface area contributed by atoms with Gasteiger partial charge in [0.25, 0.3) is 5.91 Å². The van der Waals surface area contributed by atoms with E-state index in [0.717, 1.165) is 10.0 Å². The number of phenolic OH excluding ortho intramolecular Hbond substituents is 1. The van der Waals surface area contributed by atoms with Gasteiger partial charge in [-0.25, -0.2) is 0 Å². The number of amides is 1. The van der Waals surface area contributed by atoms with Crippen LogP contribution in [0.4, 0.5) is 5.69 Å². The van der Waals surface area contributed by atoms with E-state index in [9.17, 15) is 9.90 Å². The predicted octanol–water partition coefficient (Wildman–Crippen LogP) is 2.98. The van der Waals surface area contributed by atoms with E-state index in [1.54, 1.807) is 18.2 Å². The number of hydrogen-bond acceptors (Lipinski definition) is 3. The Labute approximate surface area is 125 Å². The highest BCUT2D eigenvalue weighted by Crippen LogP contribution is 2.21. The minimum absolute atomic E-state index is 0.113. The summed E-state index contributed by atoms with van der Waals surface area (Å²) in [5.74, 6) is -0.0961. The average molecular weight is 335 g/mol. The van der Waals surface area contributed by atoms with Gasteiger partial charge >= 0.3 is 0 Å². The molecule has 20 heavy (non-hydrogen) atoms. The standard InChI is InChI=1S/C15H15BrN2O2/c1-9-2-4-12(13(16)6-9)15(20)18-8-10-7-11(17)3-5-14(10)19/h2-7,19H,8,17H2,1H3,(H,18,20). The highest BCUT2D eigenvalue weighted by atomic mass is 79.9. The van der Waals surface area contributed by atoms with Crippen molar-refractivity contribution in [3.05, 3.63) is 57.6 Å². The molecule has 0 unspecified atom stereocenters. The smallest absolute Gasteiger partial charge is 0.252 e. The molecule has 4 N–H and O–H groups in total. The molecule has 0 aromatic heterocycles. The van der Waals surface area contributed by atoms with Gasteiger partial charge in [0.05, 0.1) is 5.56 Å². The Balaban J connectivity index is 2.10. The van der Waals surface area contributed by atoms with Gasteiger partial charge in [-0.2, -0.15) is 0 Å². The molecule has 0 atom stereocenters. The highest BCUT2D eigenvalue weighted by molar-refractivity contribution is 9.10. The van der Waals surface area contributed by atoms with Crippen molar-refractivity contribution in [1.29, 1.82) is 0 Å². The van der Waals surface area contributed by atoms with Crippen LogP contribution in [0.5, 0.6) is 5.75 Å². The molecular formula is C15H15BrN2O2. The number of phenols is 1. The molecule has 0 saturated carbocycles. The third kappa shape index (κ3) is 3.30. The van der Waals surface area contributed by atoms with Crippen molar-refractivity contribution < 1.29 is 9.90 Å². The Hall–Kier alpha value is -2.01. The van der Waals surface area contributed by atoms with Gasteiger partial charge in [0.1, 0.15) is 5.75 Å². The second kappa shape index (κ2) is 5.96. The minimum atomic E-state index is -0.210. The number of anilines is 1. The number of nitrogens with two attached hydrogens (primary N) is 1. The van der Waals surface area contributed by atoms with Gasteiger partial charge in [-0.1, -0.05) is 6.07 Å². The molecule has 0 fully saturated rings. The molecule has 2 rings (SSSR count). The lowest BCUT2D eigenvalue weighted by Gasteiger charge is -2.09. The van der Waals surface area contributed by atoms with E-state index in [1.165, 1.54) is 6.07 Å². The number of aryl methyl sites for hydroxylation is 1. The quantitative estimate of drug-likeness (QED) is 0.596. The first-order valence-corrected chi connectivity index (χ1v) is 6.88. The SMILES string of the molecule is Cc1ccc(C(=O)NCc2cc(N)ccc2O)c(Br)c1. The van der Waals surface area contributed by atoms with Crippen LogP contribution < -0.4 is 11.1 Å². The fraction of sp³-hybridized carbons (Fsp3) is 0.133. The molecule has 0 heterocycles. The van der Waals surface area contributed by atoms with Gasteiger partial charge in [0.15, 0.2) is 0 Å². The number of nitrogen functional groups attached to an aromatic ring is 1. The zero-order chi connectivity index (χ0) is 14.7. The van der Waals surface area contributed by atoms with E-state index in [2.05, 4.69) is 21.2 Å². The largest absolute Gasteiger partial charge is 0.508 e. The third-order valence-corrected chi connectivity index (χ3v) is 3.57. The van der Waals surface area contributed by atoms with Crippen LogP contribution in [0, 0.1) is 6.92 Å². The Bertz CT molecular complexity index is 656. The monoisotopic (exact) mass is 334 g/mol. The maximum atomic E-state index is 12.1. The number of nitrogens with one attached hydrogen (secondary N) is 1. The Morgan fingerprint density at radius 2 is 2.05 bits per heavy atom. The molecule has 1 amide bonds. The van der Waals surface area contributed by atoms with E-state index >= 15 is 0 Å². The fourth-order valence-electron chi connectivity index (χ4n) is 1.82. The molecule has 0 bridgehead atoms. The Kier molecular flexibility index (Phi) is 4.29. The van der Waals surface area contributed by atoms with Crippen molar-refractivity contribution in [2.75, 3.05) is 5.73 Å². The Morgan fingerprint density at radius 1 is 1.30 bits per heavy atom. The molecule has 104 valence electrons. The van der Waals surface area contributed by atoms with Gasteiger partial charge in [0, 0.05) is 22.3 Å². The van der Waals surface area contributed by atoms with Crippen molar-refractivity contribution in [1.82, 2.24) is 5.32 Å². The average Bonchev–Trinajstić information content (AvgIpc) is 2.39. The molecule has 5 heteroatoms. The Morgan fingerprint density at radius 3 is 2.75 bits per heavy atom. The van der Waals surface area contributed by atoms with Crippen LogP contribution in [-0.2, 0) is 6.54 Å².